The van der Waals surface area contributed by atoms with E-state index in [1.165, 1.54) is 0 Å². The Morgan fingerprint density at radius 1 is 1.00 bits per heavy atom. The Hall–Kier alpha value is -2.59. The maximum Gasteiger partial charge on any atom is 0.243 e. The summed E-state index contributed by atoms with van der Waals surface area (Å²) in [7, 11) is -3.59. The third kappa shape index (κ3) is 5.81. The third-order valence-corrected chi connectivity index (χ3v) is 8.41. The van der Waals surface area contributed by atoms with Crippen LogP contribution < -0.4 is 4.90 Å². The van der Waals surface area contributed by atoms with E-state index in [-0.39, 0.29) is 11.0 Å². The minimum Gasteiger partial charge on any atom is -0.372 e. The average Bonchev–Trinajstić information content (AvgIpc) is 2.89. The molecule has 1 fully saturated rings. The second kappa shape index (κ2) is 11.4. The molecule has 0 radical (unpaired) electrons. The van der Waals surface area contributed by atoms with Gasteiger partial charge >= 0.3 is 0 Å². The highest BCUT2D eigenvalue weighted by atomic mass is 32.2. The Balaban J connectivity index is 1.43. The van der Waals surface area contributed by atoms with Gasteiger partial charge in [-0.25, -0.2) is 18.4 Å². The zero-order valence-electron chi connectivity index (χ0n) is 20.8. The van der Waals surface area contributed by atoms with Crippen molar-refractivity contribution in [1.82, 2.24) is 19.2 Å². The molecule has 0 aliphatic carbocycles. The summed E-state index contributed by atoms with van der Waals surface area (Å²) in [6.07, 6.45) is 1.69. The van der Waals surface area contributed by atoms with Crippen LogP contribution in [0.2, 0.25) is 0 Å². The first-order chi connectivity index (χ1) is 17.0. The van der Waals surface area contributed by atoms with Crippen LogP contribution in [0.5, 0.6) is 0 Å². The van der Waals surface area contributed by atoms with Crippen molar-refractivity contribution in [2.75, 3.05) is 57.3 Å². The minimum atomic E-state index is -3.59. The van der Waals surface area contributed by atoms with Crippen molar-refractivity contribution in [2.24, 2.45) is 0 Å². The SMILES string of the molecule is CCOC(CN1CCN(S(=O)(=O)c2ccc3nc(N(CC)CC)ncc3c2)CC1)c1ccccc1. The molecule has 1 aromatic heterocycles. The lowest BCUT2D eigenvalue weighted by molar-refractivity contribution is 0.0249. The number of anilines is 1. The van der Waals surface area contributed by atoms with E-state index in [4.69, 9.17) is 4.74 Å². The molecule has 188 valence electrons. The standard InChI is InChI=1S/C26H35N5O3S/c1-4-30(5-2)26-27-19-22-18-23(12-13-24(22)28-26)35(32,33)31-16-14-29(15-17-31)20-25(34-6-3)21-10-8-7-9-11-21/h7-13,18-19,25H,4-6,14-17,20H2,1-3H3. The number of benzene rings is 2. The number of piperazine rings is 1. The van der Waals surface area contributed by atoms with Gasteiger partial charge in [0.2, 0.25) is 16.0 Å². The van der Waals surface area contributed by atoms with E-state index in [1.807, 2.05) is 25.1 Å². The molecule has 4 rings (SSSR count). The van der Waals surface area contributed by atoms with E-state index in [0.29, 0.717) is 38.7 Å². The van der Waals surface area contributed by atoms with Gasteiger partial charge in [-0.2, -0.15) is 4.31 Å². The summed E-state index contributed by atoms with van der Waals surface area (Å²) in [6, 6.07) is 15.3. The van der Waals surface area contributed by atoms with Crippen molar-refractivity contribution >= 4 is 26.9 Å². The van der Waals surface area contributed by atoms with E-state index in [9.17, 15) is 8.42 Å². The van der Waals surface area contributed by atoms with E-state index in [1.54, 1.807) is 28.7 Å². The van der Waals surface area contributed by atoms with Crippen LogP contribution in [0.15, 0.2) is 59.6 Å². The number of aromatic nitrogens is 2. The van der Waals surface area contributed by atoms with Gasteiger partial charge in [-0.3, -0.25) is 4.90 Å². The molecule has 1 aliphatic rings. The van der Waals surface area contributed by atoms with Gasteiger partial charge in [-0.1, -0.05) is 30.3 Å². The molecule has 2 heterocycles. The van der Waals surface area contributed by atoms with Crippen LogP contribution in [0, 0.1) is 0 Å². The maximum atomic E-state index is 13.4. The van der Waals surface area contributed by atoms with Crippen LogP contribution in [-0.2, 0) is 14.8 Å². The molecule has 1 aliphatic heterocycles. The molecule has 35 heavy (non-hydrogen) atoms. The minimum absolute atomic E-state index is 0.0222. The largest absolute Gasteiger partial charge is 0.372 e. The maximum absolute atomic E-state index is 13.4. The summed E-state index contributed by atoms with van der Waals surface area (Å²) in [4.78, 5) is 13.7. The number of fused-ring (bicyclic) bond motifs is 1. The Bertz CT molecular complexity index is 1210. The van der Waals surface area contributed by atoms with Crippen molar-refractivity contribution in [2.45, 2.75) is 31.8 Å². The predicted molar refractivity (Wildman–Crippen MR) is 139 cm³/mol. The molecule has 1 unspecified atom stereocenters. The van der Waals surface area contributed by atoms with Gasteiger partial charge < -0.3 is 9.64 Å². The number of ether oxygens (including phenoxy) is 1. The lowest BCUT2D eigenvalue weighted by Gasteiger charge is -2.35. The molecule has 0 spiro atoms. The summed E-state index contributed by atoms with van der Waals surface area (Å²) in [6.45, 7) is 11.4. The van der Waals surface area contributed by atoms with Crippen LogP contribution in [0.3, 0.4) is 0 Å². The normalized spacial score (nSPS) is 16.4. The fourth-order valence-electron chi connectivity index (χ4n) is 4.48. The zero-order valence-corrected chi connectivity index (χ0v) is 21.6. The molecule has 0 N–H and O–H groups in total. The highest BCUT2D eigenvalue weighted by Gasteiger charge is 2.30. The summed E-state index contributed by atoms with van der Waals surface area (Å²) < 4.78 is 34.3. The van der Waals surface area contributed by atoms with Crippen LogP contribution in [0.1, 0.15) is 32.4 Å². The van der Waals surface area contributed by atoms with E-state index in [0.717, 1.165) is 36.1 Å². The Kier molecular flexibility index (Phi) is 8.33. The van der Waals surface area contributed by atoms with Gasteiger partial charge in [0.1, 0.15) is 0 Å². The van der Waals surface area contributed by atoms with Crippen LogP contribution in [0.4, 0.5) is 5.95 Å². The first-order valence-electron chi connectivity index (χ1n) is 12.4. The fourth-order valence-corrected chi connectivity index (χ4v) is 5.94. The van der Waals surface area contributed by atoms with Crippen LogP contribution >= 0.6 is 0 Å². The molecule has 8 nitrogen and oxygen atoms in total. The molecule has 0 saturated carbocycles. The first-order valence-corrected chi connectivity index (χ1v) is 13.8. The molecule has 0 bridgehead atoms. The second-order valence-corrected chi connectivity index (χ2v) is 10.6. The molecule has 0 amide bonds. The monoisotopic (exact) mass is 497 g/mol. The number of rotatable bonds is 10. The first kappa shape index (κ1) is 25.5. The predicted octanol–water partition coefficient (Wildman–Crippen LogP) is 3.56. The Labute approximate surface area is 208 Å². The van der Waals surface area contributed by atoms with Crippen LogP contribution in [0.25, 0.3) is 10.9 Å². The zero-order chi connectivity index (χ0) is 24.8. The highest BCUT2D eigenvalue weighted by Crippen LogP contribution is 2.24. The second-order valence-electron chi connectivity index (χ2n) is 8.62. The Morgan fingerprint density at radius 2 is 1.71 bits per heavy atom. The molecular formula is C26H35N5O3S. The molecule has 1 saturated heterocycles. The van der Waals surface area contributed by atoms with Gasteiger partial charge in [0.25, 0.3) is 0 Å². The summed E-state index contributed by atoms with van der Waals surface area (Å²) in [5, 5.41) is 0.725. The number of hydrogen-bond donors (Lipinski definition) is 0. The average molecular weight is 498 g/mol. The Morgan fingerprint density at radius 3 is 2.37 bits per heavy atom. The van der Waals surface area contributed by atoms with E-state index < -0.39 is 10.0 Å². The van der Waals surface area contributed by atoms with Gasteiger partial charge in [0.05, 0.1) is 16.5 Å². The molecule has 2 aromatic carbocycles. The summed E-state index contributed by atoms with van der Waals surface area (Å²) >= 11 is 0. The molecule has 1 atom stereocenters. The van der Waals surface area contributed by atoms with Crippen LogP contribution in [-0.4, -0.2) is 80.0 Å². The lowest BCUT2D eigenvalue weighted by atomic mass is 10.1. The fraction of sp³-hybridized carbons (Fsp3) is 0.462. The van der Waals surface area contributed by atoms with Gasteiger partial charge in [0, 0.05) is 64.0 Å². The lowest BCUT2D eigenvalue weighted by Crippen LogP contribution is -2.49. The molecular weight excluding hydrogens is 462 g/mol. The van der Waals surface area contributed by atoms with Crippen molar-refractivity contribution in [1.29, 1.82) is 0 Å². The molecule has 9 heteroatoms. The number of hydrogen-bond acceptors (Lipinski definition) is 7. The number of nitrogens with zero attached hydrogens (tertiary/aromatic N) is 5. The van der Waals surface area contributed by atoms with E-state index in [2.05, 4.69) is 45.7 Å². The smallest absolute Gasteiger partial charge is 0.243 e. The van der Waals surface area contributed by atoms with Crippen molar-refractivity contribution in [3.8, 4) is 0 Å². The number of sulfonamides is 1. The molecule has 3 aromatic rings. The third-order valence-electron chi connectivity index (χ3n) is 6.52. The quantitative estimate of drug-likeness (QED) is 0.424. The van der Waals surface area contributed by atoms with Gasteiger partial charge in [-0.05, 0) is 44.5 Å². The summed E-state index contributed by atoms with van der Waals surface area (Å²) in [5.41, 5.74) is 1.89. The highest BCUT2D eigenvalue weighted by molar-refractivity contribution is 7.89. The van der Waals surface area contributed by atoms with E-state index >= 15 is 0 Å². The topological polar surface area (TPSA) is 78.9 Å². The van der Waals surface area contributed by atoms with Gasteiger partial charge in [0.15, 0.2) is 0 Å². The summed E-state index contributed by atoms with van der Waals surface area (Å²) in [5.74, 6) is 0.662. The van der Waals surface area contributed by atoms with Crippen molar-refractivity contribution in [3.05, 3.63) is 60.3 Å². The van der Waals surface area contributed by atoms with Crippen molar-refractivity contribution < 1.29 is 13.2 Å². The van der Waals surface area contributed by atoms with Crippen molar-refractivity contribution in [3.63, 3.8) is 0 Å². The van der Waals surface area contributed by atoms with Gasteiger partial charge in [-0.15, -0.1) is 0 Å².